The normalized spacial score (nSPS) is 21.3. The molecule has 0 spiro atoms. The first-order valence-electron chi connectivity index (χ1n) is 10.1. The van der Waals surface area contributed by atoms with E-state index in [1.807, 2.05) is 52.3 Å². The van der Waals surface area contributed by atoms with Gasteiger partial charge in [-0.15, -0.1) is 12.4 Å². The highest BCUT2D eigenvalue weighted by molar-refractivity contribution is 5.94. The van der Waals surface area contributed by atoms with Crippen molar-refractivity contribution in [3.63, 3.8) is 0 Å². The Morgan fingerprint density at radius 2 is 1.86 bits per heavy atom. The van der Waals surface area contributed by atoms with Crippen LogP contribution in [0.3, 0.4) is 0 Å². The molecule has 0 saturated carbocycles. The Bertz CT molecular complexity index is 858. The third-order valence-electron chi connectivity index (χ3n) is 5.98. The highest BCUT2D eigenvalue weighted by atomic mass is 35.5. The molecule has 2 atom stereocenters. The second-order valence-corrected chi connectivity index (χ2v) is 7.84. The molecule has 4 rings (SSSR count). The van der Waals surface area contributed by atoms with E-state index in [1.165, 1.54) is 5.56 Å². The van der Waals surface area contributed by atoms with Gasteiger partial charge in [0.05, 0.1) is 0 Å². The molecule has 0 bridgehead atoms. The minimum atomic E-state index is 0. The second-order valence-electron chi connectivity index (χ2n) is 7.84. The summed E-state index contributed by atoms with van der Waals surface area (Å²) in [4.78, 5) is 28.8. The number of benzene rings is 2. The predicted octanol–water partition coefficient (Wildman–Crippen LogP) is 3.05. The van der Waals surface area contributed by atoms with Crippen molar-refractivity contribution < 1.29 is 9.59 Å². The van der Waals surface area contributed by atoms with Gasteiger partial charge in [0.1, 0.15) is 0 Å². The van der Waals surface area contributed by atoms with Crippen LogP contribution >= 0.6 is 12.4 Å². The Kier molecular flexibility index (Phi) is 6.93. The molecule has 0 radical (unpaired) electrons. The molecule has 0 aromatic heterocycles. The van der Waals surface area contributed by atoms with E-state index >= 15 is 0 Å². The number of nitrogens with two attached hydrogens (primary N) is 1. The van der Waals surface area contributed by atoms with E-state index in [9.17, 15) is 9.59 Å². The van der Waals surface area contributed by atoms with Crippen molar-refractivity contribution in [2.45, 2.75) is 25.3 Å². The fraction of sp³-hybridized carbons (Fsp3) is 0.391. The molecule has 2 aromatic rings. The Labute approximate surface area is 178 Å². The summed E-state index contributed by atoms with van der Waals surface area (Å²) in [7, 11) is 0. The summed E-state index contributed by atoms with van der Waals surface area (Å²) in [6.07, 6.45) is 1.56. The van der Waals surface area contributed by atoms with E-state index in [2.05, 4.69) is 12.1 Å². The third-order valence-corrected chi connectivity index (χ3v) is 5.98. The fourth-order valence-electron chi connectivity index (χ4n) is 4.43. The summed E-state index contributed by atoms with van der Waals surface area (Å²) >= 11 is 0. The minimum Gasteiger partial charge on any atom is -0.338 e. The molecule has 2 aliphatic heterocycles. The van der Waals surface area contributed by atoms with Crippen LogP contribution in [-0.4, -0.2) is 47.8 Å². The predicted molar refractivity (Wildman–Crippen MR) is 116 cm³/mol. The number of nitrogens with zero attached hydrogens (tertiary/aromatic N) is 2. The van der Waals surface area contributed by atoms with Gasteiger partial charge in [-0.25, -0.2) is 0 Å². The van der Waals surface area contributed by atoms with Gasteiger partial charge in [0.25, 0.3) is 5.91 Å². The number of rotatable bonds is 5. The molecule has 2 heterocycles. The van der Waals surface area contributed by atoms with Crippen LogP contribution in [0.5, 0.6) is 0 Å². The number of likely N-dealkylation sites (tertiary alicyclic amines) is 2. The Morgan fingerprint density at radius 3 is 2.55 bits per heavy atom. The number of carbonyl (C=O) groups excluding carboxylic acids is 2. The van der Waals surface area contributed by atoms with Crippen LogP contribution in [0.1, 0.15) is 40.2 Å². The SMILES string of the molecule is Cl.NC[C@@H]1CN(C(=O)c2cccc(CN3CCCC3=O)c2)C[C@H]1c1ccccc1. The standard InChI is InChI=1S/C23H27N3O2.ClH/c24-13-20-15-26(16-21(20)18-7-2-1-3-8-18)23(28)19-9-4-6-17(12-19)14-25-11-5-10-22(25)27;/h1-4,6-9,12,20-21H,5,10-11,13-16,24H2;1H/t20-,21+;/m1./s1. The van der Waals surface area contributed by atoms with E-state index in [0.29, 0.717) is 38.2 Å². The Morgan fingerprint density at radius 1 is 1.07 bits per heavy atom. The number of amides is 2. The molecule has 2 amide bonds. The summed E-state index contributed by atoms with van der Waals surface area (Å²) in [6, 6.07) is 18.0. The molecule has 2 aromatic carbocycles. The smallest absolute Gasteiger partial charge is 0.253 e. The van der Waals surface area contributed by atoms with E-state index in [1.54, 1.807) is 0 Å². The zero-order chi connectivity index (χ0) is 19.5. The summed E-state index contributed by atoms with van der Waals surface area (Å²) in [5, 5.41) is 0. The van der Waals surface area contributed by atoms with Gasteiger partial charge in [-0.3, -0.25) is 9.59 Å². The topological polar surface area (TPSA) is 66.6 Å². The summed E-state index contributed by atoms with van der Waals surface area (Å²) in [6.45, 7) is 3.34. The highest BCUT2D eigenvalue weighted by Crippen LogP contribution is 2.33. The Balaban J connectivity index is 0.00000240. The lowest BCUT2D eigenvalue weighted by Crippen LogP contribution is -2.30. The largest absolute Gasteiger partial charge is 0.338 e. The summed E-state index contributed by atoms with van der Waals surface area (Å²) in [5.41, 5.74) is 8.96. The van der Waals surface area contributed by atoms with Gasteiger partial charge in [-0.2, -0.15) is 0 Å². The number of carbonyl (C=O) groups is 2. The monoisotopic (exact) mass is 413 g/mol. The first kappa shape index (κ1) is 21.3. The van der Waals surface area contributed by atoms with Gasteiger partial charge in [-0.1, -0.05) is 42.5 Å². The molecule has 5 nitrogen and oxygen atoms in total. The van der Waals surface area contributed by atoms with Crippen molar-refractivity contribution >= 4 is 24.2 Å². The fourth-order valence-corrected chi connectivity index (χ4v) is 4.43. The maximum atomic E-state index is 13.1. The number of hydrogen-bond donors (Lipinski definition) is 1. The van der Waals surface area contributed by atoms with Crippen LogP contribution in [0.15, 0.2) is 54.6 Å². The van der Waals surface area contributed by atoms with Gasteiger partial charge in [-0.05, 0) is 42.1 Å². The third kappa shape index (κ3) is 4.62. The van der Waals surface area contributed by atoms with Crippen LogP contribution < -0.4 is 5.73 Å². The molecule has 2 aliphatic rings. The van der Waals surface area contributed by atoms with Crippen LogP contribution in [0.25, 0.3) is 0 Å². The lowest BCUT2D eigenvalue weighted by molar-refractivity contribution is -0.128. The average Bonchev–Trinajstić information content (AvgIpc) is 3.35. The van der Waals surface area contributed by atoms with E-state index in [0.717, 1.165) is 18.5 Å². The van der Waals surface area contributed by atoms with Crippen molar-refractivity contribution in [1.29, 1.82) is 0 Å². The van der Waals surface area contributed by atoms with Gasteiger partial charge in [0, 0.05) is 44.1 Å². The van der Waals surface area contributed by atoms with Crippen molar-refractivity contribution in [2.75, 3.05) is 26.2 Å². The molecular weight excluding hydrogens is 386 g/mol. The van der Waals surface area contributed by atoms with Crippen molar-refractivity contribution in [3.05, 3.63) is 71.3 Å². The summed E-state index contributed by atoms with van der Waals surface area (Å²) in [5.74, 6) is 0.802. The van der Waals surface area contributed by atoms with Crippen LogP contribution in [0, 0.1) is 5.92 Å². The van der Waals surface area contributed by atoms with Gasteiger partial charge in [0.15, 0.2) is 0 Å². The van der Waals surface area contributed by atoms with Crippen molar-refractivity contribution in [2.24, 2.45) is 11.7 Å². The first-order chi connectivity index (χ1) is 13.7. The van der Waals surface area contributed by atoms with E-state index in [-0.39, 0.29) is 36.1 Å². The molecule has 2 saturated heterocycles. The van der Waals surface area contributed by atoms with Gasteiger partial charge < -0.3 is 15.5 Å². The van der Waals surface area contributed by atoms with E-state index in [4.69, 9.17) is 5.73 Å². The van der Waals surface area contributed by atoms with Crippen molar-refractivity contribution in [1.82, 2.24) is 9.80 Å². The average molecular weight is 414 g/mol. The molecule has 0 unspecified atom stereocenters. The molecule has 2 N–H and O–H groups in total. The van der Waals surface area contributed by atoms with Gasteiger partial charge in [0.2, 0.25) is 5.91 Å². The van der Waals surface area contributed by atoms with Crippen LogP contribution in [0.4, 0.5) is 0 Å². The van der Waals surface area contributed by atoms with Gasteiger partial charge >= 0.3 is 0 Å². The maximum Gasteiger partial charge on any atom is 0.253 e. The highest BCUT2D eigenvalue weighted by Gasteiger charge is 2.35. The second kappa shape index (κ2) is 9.42. The molecule has 29 heavy (non-hydrogen) atoms. The molecular formula is C23H28ClN3O2. The number of halogens is 1. The minimum absolute atomic E-state index is 0. The first-order valence-corrected chi connectivity index (χ1v) is 10.1. The van der Waals surface area contributed by atoms with Crippen LogP contribution in [0.2, 0.25) is 0 Å². The molecule has 154 valence electrons. The summed E-state index contributed by atoms with van der Waals surface area (Å²) < 4.78 is 0. The van der Waals surface area contributed by atoms with Crippen molar-refractivity contribution in [3.8, 4) is 0 Å². The lowest BCUT2D eigenvalue weighted by atomic mass is 9.89. The van der Waals surface area contributed by atoms with E-state index < -0.39 is 0 Å². The lowest BCUT2D eigenvalue weighted by Gasteiger charge is -2.19. The zero-order valence-corrected chi connectivity index (χ0v) is 17.3. The number of hydrogen-bond acceptors (Lipinski definition) is 3. The molecule has 0 aliphatic carbocycles. The zero-order valence-electron chi connectivity index (χ0n) is 16.5. The van der Waals surface area contributed by atoms with Crippen LogP contribution in [-0.2, 0) is 11.3 Å². The molecule has 6 heteroatoms. The quantitative estimate of drug-likeness (QED) is 0.819. The maximum absolute atomic E-state index is 13.1. The Hall–Kier alpha value is -2.37. The molecule has 2 fully saturated rings.